The minimum Gasteiger partial charge on any atom is -0.384 e. The molecule has 0 atom stereocenters. The van der Waals surface area contributed by atoms with Gasteiger partial charge in [0.1, 0.15) is 17.8 Å². The Morgan fingerprint density at radius 1 is 0.800 bits per heavy atom. The lowest BCUT2D eigenvalue weighted by atomic mass is 10.1. The molecule has 0 aliphatic rings. The molecule has 4 rings (SSSR count). The fourth-order valence-electron chi connectivity index (χ4n) is 2.64. The molecule has 0 radical (unpaired) electrons. The van der Waals surface area contributed by atoms with Gasteiger partial charge >= 0.3 is 0 Å². The molecule has 0 aliphatic carbocycles. The molecule has 2 aromatic carbocycles. The average Bonchev–Trinajstić information content (AvgIpc) is 2.67. The van der Waals surface area contributed by atoms with E-state index in [-0.39, 0.29) is 0 Å². The van der Waals surface area contributed by atoms with Gasteiger partial charge < -0.3 is 5.73 Å². The van der Waals surface area contributed by atoms with Crippen LogP contribution in [-0.2, 0) is 0 Å². The van der Waals surface area contributed by atoms with Crippen LogP contribution in [0.4, 0.5) is 5.82 Å². The van der Waals surface area contributed by atoms with E-state index >= 15 is 0 Å². The van der Waals surface area contributed by atoms with E-state index in [2.05, 4.69) is 51.1 Å². The summed E-state index contributed by atoms with van der Waals surface area (Å²) < 4.78 is 0. The van der Waals surface area contributed by atoms with E-state index < -0.39 is 0 Å². The lowest BCUT2D eigenvalue weighted by molar-refractivity contribution is 1.16. The summed E-state index contributed by atoms with van der Waals surface area (Å²) in [5.74, 6) is 6.75. The van der Waals surface area contributed by atoms with Crippen molar-refractivity contribution in [1.29, 1.82) is 0 Å². The molecule has 4 nitrogen and oxygen atoms in total. The monoisotopic (exact) mass is 322 g/mol. The van der Waals surface area contributed by atoms with Gasteiger partial charge in [0.2, 0.25) is 0 Å². The second kappa shape index (κ2) is 6.42. The Morgan fingerprint density at radius 3 is 2.44 bits per heavy atom. The molecule has 2 aromatic heterocycles. The van der Waals surface area contributed by atoms with E-state index in [0.29, 0.717) is 11.5 Å². The topological polar surface area (TPSA) is 64.7 Å². The van der Waals surface area contributed by atoms with Gasteiger partial charge in [-0.05, 0) is 41.0 Å². The lowest BCUT2D eigenvalue weighted by Gasteiger charge is -2.04. The number of rotatable bonds is 1. The van der Waals surface area contributed by atoms with Gasteiger partial charge in [-0.3, -0.25) is 0 Å². The molecule has 2 heterocycles. The first-order valence-corrected chi connectivity index (χ1v) is 7.82. The molecule has 0 spiro atoms. The van der Waals surface area contributed by atoms with Gasteiger partial charge in [-0.25, -0.2) is 15.0 Å². The molecule has 0 aliphatic heterocycles. The lowest BCUT2D eigenvalue weighted by Crippen LogP contribution is -1.96. The summed E-state index contributed by atoms with van der Waals surface area (Å²) in [6.45, 7) is 0. The summed E-state index contributed by atoms with van der Waals surface area (Å²) in [4.78, 5) is 12.5. The van der Waals surface area contributed by atoms with Crippen LogP contribution in [0.2, 0.25) is 0 Å². The number of nitrogen functional groups attached to an aromatic ring is 1. The SMILES string of the molecule is Nc1ccc(-c2cncnc2)c(C#Cc2ccc3ccccc3c2)n1. The van der Waals surface area contributed by atoms with Crippen molar-refractivity contribution >= 4 is 16.6 Å². The highest BCUT2D eigenvalue weighted by molar-refractivity contribution is 5.83. The minimum atomic E-state index is 0.434. The number of hydrogen-bond acceptors (Lipinski definition) is 4. The Hall–Kier alpha value is -3.71. The summed E-state index contributed by atoms with van der Waals surface area (Å²) in [5, 5.41) is 2.35. The van der Waals surface area contributed by atoms with Crippen molar-refractivity contribution in [3.05, 3.63) is 84.6 Å². The van der Waals surface area contributed by atoms with Crippen LogP contribution in [0, 0.1) is 11.8 Å². The quantitative estimate of drug-likeness (QED) is 0.543. The van der Waals surface area contributed by atoms with Crippen molar-refractivity contribution in [2.45, 2.75) is 0 Å². The second-order valence-electron chi connectivity index (χ2n) is 5.57. The molecule has 0 bridgehead atoms. The largest absolute Gasteiger partial charge is 0.384 e. The van der Waals surface area contributed by atoms with Gasteiger partial charge in [-0.2, -0.15) is 0 Å². The fourth-order valence-corrected chi connectivity index (χ4v) is 2.64. The Kier molecular flexibility index (Phi) is 3.82. The van der Waals surface area contributed by atoms with Crippen LogP contribution >= 0.6 is 0 Å². The first kappa shape index (κ1) is 14.9. The number of fused-ring (bicyclic) bond motifs is 1. The van der Waals surface area contributed by atoms with E-state index in [1.807, 2.05) is 24.3 Å². The van der Waals surface area contributed by atoms with Gasteiger partial charge in [0, 0.05) is 29.1 Å². The number of aromatic nitrogens is 3. The third-order valence-corrected chi connectivity index (χ3v) is 3.86. The zero-order valence-electron chi connectivity index (χ0n) is 13.3. The van der Waals surface area contributed by atoms with Gasteiger partial charge in [0.15, 0.2) is 0 Å². The summed E-state index contributed by atoms with van der Waals surface area (Å²) >= 11 is 0. The minimum absolute atomic E-state index is 0.434. The highest BCUT2D eigenvalue weighted by Crippen LogP contribution is 2.21. The molecule has 0 fully saturated rings. The van der Waals surface area contributed by atoms with Crippen molar-refractivity contribution in [3.63, 3.8) is 0 Å². The number of benzene rings is 2. The maximum Gasteiger partial charge on any atom is 0.124 e. The molecule has 118 valence electrons. The third-order valence-electron chi connectivity index (χ3n) is 3.86. The summed E-state index contributed by atoms with van der Waals surface area (Å²) in [5.41, 5.74) is 9.10. The van der Waals surface area contributed by atoms with Crippen LogP contribution in [0.1, 0.15) is 11.3 Å². The molecule has 0 saturated heterocycles. The fraction of sp³-hybridized carbons (Fsp3) is 0. The Labute approximate surface area is 145 Å². The summed E-state index contributed by atoms with van der Waals surface area (Å²) in [6, 6.07) is 18.0. The second-order valence-corrected chi connectivity index (χ2v) is 5.57. The smallest absolute Gasteiger partial charge is 0.124 e. The van der Waals surface area contributed by atoms with Crippen LogP contribution in [0.25, 0.3) is 21.9 Å². The molecule has 25 heavy (non-hydrogen) atoms. The van der Waals surface area contributed by atoms with E-state index in [0.717, 1.165) is 22.1 Å². The summed E-state index contributed by atoms with van der Waals surface area (Å²) in [7, 11) is 0. The number of nitrogens with zero attached hydrogens (tertiary/aromatic N) is 3. The summed E-state index contributed by atoms with van der Waals surface area (Å²) in [6.07, 6.45) is 4.97. The van der Waals surface area contributed by atoms with E-state index in [1.54, 1.807) is 18.5 Å². The molecule has 4 aromatic rings. The molecule has 0 amide bonds. The first-order chi connectivity index (χ1) is 12.3. The van der Waals surface area contributed by atoms with E-state index in [9.17, 15) is 0 Å². The maximum absolute atomic E-state index is 5.84. The van der Waals surface area contributed by atoms with Crippen molar-refractivity contribution in [2.24, 2.45) is 0 Å². The standard InChI is InChI=1S/C21H14N4/c22-21-10-8-19(18-12-23-14-24-13-18)20(25-21)9-6-15-5-7-16-3-1-2-4-17(16)11-15/h1-5,7-8,10-14H,(H2,22,25). The van der Waals surface area contributed by atoms with Crippen molar-refractivity contribution in [2.75, 3.05) is 5.73 Å². The van der Waals surface area contributed by atoms with Gasteiger partial charge in [-0.1, -0.05) is 36.3 Å². The third kappa shape index (κ3) is 3.17. The van der Waals surface area contributed by atoms with Gasteiger partial charge in [-0.15, -0.1) is 0 Å². The number of anilines is 1. The van der Waals surface area contributed by atoms with E-state index in [4.69, 9.17) is 5.73 Å². The Bertz CT molecular complexity index is 1110. The normalized spacial score (nSPS) is 10.2. The predicted molar refractivity (Wildman–Crippen MR) is 99.6 cm³/mol. The molecule has 4 heteroatoms. The molecule has 2 N–H and O–H groups in total. The predicted octanol–water partition coefficient (Wildman–Crippen LogP) is 3.67. The van der Waals surface area contributed by atoms with Crippen LogP contribution < -0.4 is 5.73 Å². The first-order valence-electron chi connectivity index (χ1n) is 7.82. The highest BCUT2D eigenvalue weighted by Gasteiger charge is 2.06. The zero-order chi connectivity index (χ0) is 17.1. The number of pyridine rings is 1. The molecule has 0 saturated carbocycles. The van der Waals surface area contributed by atoms with Crippen molar-refractivity contribution < 1.29 is 0 Å². The van der Waals surface area contributed by atoms with Crippen molar-refractivity contribution in [3.8, 4) is 23.0 Å². The van der Waals surface area contributed by atoms with Gasteiger partial charge in [0.05, 0.1) is 0 Å². The van der Waals surface area contributed by atoms with Crippen LogP contribution in [0.15, 0.2) is 73.3 Å². The molecule has 0 unspecified atom stereocenters. The van der Waals surface area contributed by atoms with Crippen LogP contribution in [-0.4, -0.2) is 15.0 Å². The highest BCUT2D eigenvalue weighted by atomic mass is 14.8. The van der Waals surface area contributed by atoms with Gasteiger partial charge in [0.25, 0.3) is 0 Å². The molecular weight excluding hydrogens is 308 g/mol. The van der Waals surface area contributed by atoms with E-state index in [1.165, 1.54) is 11.7 Å². The molecular formula is C21H14N4. The number of nitrogens with two attached hydrogens (primary N) is 1. The van der Waals surface area contributed by atoms with Crippen LogP contribution in [0.5, 0.6) is 0 Å². The number of hydrogen-bond donors (Lipinski definition) is 1. The maximum atomic E-state index is 5.84. The Balaban J connectivity index is 1.78. The van der Waals surface area contributed by atoms with Crippen molar-refractivity contribution in [1.82, 2.24) is 15.0 Å². The average molecular weight is 322 g/mol. The van der Waals surface area contributed by atoms with Crippen LogP contribution in [0.3, 0.4) is 0 Å². The zero-order valence-corrected chi connectivity index (χ0v) is 13.3. The Morgan fingerprint density at radius 2 is 1.60 bits per heavy atom.